The Hall–Kier alpha value is -2.55. The average molecular weight is 428 g/mol. The van der Waals surface area contributed by atoms with Crippen LogP contribution in [0.4, 0.5) is 24.5 Å². The molecule has 2 aromatic rings. The quantitative estimate of drug-likeness (QED) is 0.706. The molecule has 0 saturated heterocycles. The molecule has 0 bridgehead atoms. The molecular formula is C20H23F3N2O3S. The van der Waals surface area contributed by atoms with Crippen LogP contribution in [0.2, 0.25) is 0 Å². The maximum atomic E-state index is 12.7. The number of benzene rings is 2. The van der Waals surface area contributed by atoms with Gasteiger partial charge in [0.1, 0.15) is 0 Å². The second-order valence-electron chi connectivity index (χ2n) is 6.83. The third-order valence-corrected chi connectivity index (χ3v) is 5.61. The number of nitrogens with zero attached hydrogens (tertiary/aromatic N) is 1. The van der Waals surface area contributed by atoms with Gasteiger partial charge >= 0.3 is 6.18 Å². The lowest BCUT2D eigenvalue weighted by Crippen LogP contribution is -2.31. The normalized spacial score (nSPS) is 11.9. The van der Waals surface area contributed by atoms with E-state index in [2.05, 4.69) is 5.32 Å². The average Bonchev–Trinajstić information content (AvgIpc) is 2.60. The first kappa shape index (κ1) is 22.7. The van der Waals surface area contributed by atoms with Crippen LogP contribution in [0.5, 0.6) is 0 Å². The number of aryl methyl sites for hydroxylation is 2. The third-order valence-electron chi connectivity index (χ3n) is 4.42. The van der Waals surface area contributed by atoms with Gasteiger partial charge in [0.05, 0.1) is 17.5 Å². The number of amides is 1. The molecule has 2 aromatic carbocycles. The van der Waals surface area contributed by atoms with E-state index >= 15 is 0 Å². The molecule has 158 valence electrons. The highest BCUT2D eigenvalue weighted by atomic mass is 32.2. The zero-order valence-corrected chi connectivity index (χ0v) is 17.2. The Balaban J connectivity index is 2.01. The molecule has 0 spiro atoms. The van der Waals surface area contributed by atoms with Crippen molar-refractivity contribution in [3.63, 3.8) is 0 Å². The zero-order valence-electron chi connectivity index (χ0n) is 16.4. The van der Waals surface area contributed by atoms with Crippen molar-refractivity contribution < 1.29 is 26.4 Å². The summed E-state index contributed by atoms with van der Waals surface area (Å²) in [5, 5.41) is 2.42. The van der Waals surface area contributed by atoms with E-state index < -0.39 is 27.7 Å². The first-order chi connectivity index (χ1) is 13.4. The molecule has 2 rings (SSSR count). The summed E-state index contributed by atoms with van der Waals surface area (Å²) in [4.78, 5) is 12.1. The monoisotopic (exact) mass is 428 g/mol. The number of halogens is 3. The highest BCUT2D eigenvalue weighted by Gasteiger charge is 2.30. The van der Waals surface area contributed by atoms with Gasteiger partial charge < -0.3 is 5.32 Å². The maximum absolute atomic E-state index is 12.7. The number of anilines is 2. The number of carbonyl (C=O) groups is 1. The predicted octanol–water partition coefficient (Wildman–Crippen LogP) is 4.51. The Kier molecular flexibility index (Phi) is 6.94. The van der Waals surface area contributed by atoms with Crippen LogP contribution in [0, 0.1) is 13.8 Å². The summed E-state index contributed by atoms with van der Waals surface area (Å²) in [7, 11) is -3.55. The van der Waals surface area contributed by atoms with Crippen LogP contribution in [-0.4, -0.2) is 27.1 Å². The molecule has 1 amide bonds. The van der Waals surface area contributed by atoms with Crippen molar-refractivity contribution >= 4 is 27.3 Å². The fourth-order valence-corrected chi connectivity index (χ4v) is 3.70. The van der Waals surface area contributed by atoms with Gasteiger partial charge in [-0.1, -0.05) is 12.1 Å². The van der Waals surface area contributed by atoms with Crippen molar-refractivity contribution in [1.29, 1.82) is 0 Å². The van der Waals surface area contributed by atoms with Crippen LogP contribution in [-0.2, 0) is 21.0 Å². The Labute approximate surface area is 168 Å². The number of hydrogen-bond acceptors (Lipinski definition) is 3. The lowest BCUT2D eigenvalue weighted by Gasteiger charge is -2.23. The van der Waals surface area contributed by atoms with Gasteiger partial charge in [-0.3, -0.25) is 9.10 Å². The number of alkyl halides is 3. The summed E-state index contributed by atoms with van der Waals surface area (Å²) >= 11 is 0. The molecule has 29 heavy (non-hydrogen) atoms. The van der Waals surface area contributed by atoms with E-state index in [9.17, 15) is 26.4 Å². The standard InChI is InChI=1S/C20H23F3N2O3S/c1-14-9-10-18(12-15(14)2)25(29(3,27)28)11-5-8-19(26)24-17-7-4-6-16(13-17)20(21,22)23/h4,6-7,9-10,12-13H,5,8,11H2,1-3H3,(H,24,26). The molecule has 0 saturated carbocycles. The Morgan fingerprint density at radius 3 is 2.34 bits per heavy atom. The van der Waals surface area contributed by atoms with Gasteiger partial charge in [0, 0.05) is 18.7 Å². The minimum atomic E-state index is -4.50. The number of nitrogens with one attached hydrogen (secondary N) is 1. The lowest BCUT2D eigenvalue weighted by molar-refractivity contribution is -0.137. The Bertz CT molecular complexity index is 989. The molecule has 0 radical (unpaired) electrons. The van der Waals surface area contributed by atoms with Crippen molar-refractivity contribution in [2.75, 3.05) is 22.4 Å². The molecule has 9 heteroatoms. The van der Waals surface area contributed by atoms with Crippen LogP contribution in [0.25, 0.3) is 0 Å². The number of carbonyl (C=O) groups excluding carboxylic acids is 1. The Morgan fingerprint density at radius 2 is 1.76 bits per heavy atom. The second-order valence-corrected chi connectivity index (χ2v) is 8.74. The fourth-order valence-electron chi connectivity index (χ4n) is 2.75. The number of rotatable bonds is 7. The molecule has 0 atom stereocenters. The summed E-state index contributed by atoms with van der Waals surface area (Å²) in [5.41, 5.74) is 1.67. The van der Waals surface area contributed by atoms with Crippen LogP contribution in [0.15, 0.2) is 42.5 Å². The van der Waals surface area contributed by atoms with E-state index in [0.717, 1.165) is 29.5 Å². The third kappa shape index (κ3) is 6.49. The van der Waals surface area contributed by atoms with E-state index in [1.54, 1.807) is 12.1 Å². The predicted molar refractivity (Wildman–Crippen MR) is 107 cm³/mol. The van der Waals surface area contributed by atoms with E-state index in [-0.39, 0.29) is 25.1 Å². The molecule has 0 aliphatic heterocycles. The Morgan fingerprint density at radius 1 is 1.07 bits per heavy atom. The van der Waals surface area contributed by atoms with Gasteiger partial charge in [-0.25, -0.2) is 8.42 Å². The molecule has 0 unspecified atom stereocenters. The molecular weight excluding hydrogens is 405 g/mol. The summed E-state index contributed by atoms with van der Waals surface area (Å²) in [5.74, 6) is -0.488. The summed E-state index contributed by atoms with van der Waals surface area (Å²) < 4.78 is 63.8. The zero-order chi connectivity index (χ0) is 21.8. The van der Waals surface area contributed by atoms with E-state index in [0.29, 0.717) is 5.69 Å². The summed E-state index contributed by atoms with van der Waals surface area (Å²) in [6, 6.07) is 9.64. The largest absolute Gasteiger partial charge is 0.416 e. The van der Waals surface area contributed by atoms with Crippen LogP contribution in [0.1, 0.15) is 29.5 Å². The highest BCUT2D eigenvalue weighted by Crippen LogP contribution is 2.30. The van der Waals surface area contributed by atoms with Gasteiger partial charge in [0.15, 0.2) is 0 Å². The van der Waals surface area contributed by atoms with Crippen LogP contribution >= 0.6 is 0 Å². The van der Waals surface area contributed by atoms with Crippen LogP contribution in [0.3, 0.4) is 0 Å². The van der Waals surface area contributed by atoms with Crippen molar-refractivity contribution in [3.8, 4) is 0 Å². The van der Waals surface area contributed by atoms with Gasteiger partial charge in [-0.2, -0.15) is 13.2 Å². The van der Waals surface area contributed by atoms with Crippen molar-refractivity contribution in [1.82, 2.24) is 0 Å². The smallest absolute Gasteiger partial charge is 0.326 e. The van der Waals surface area contributed by atoms with Gasteiger partial charge in [0.25, 0.3) is 0 Å². The second kappa shape index (κ2) is 8.86. The molecule has 5 nitrogen and oxygen atoms in total. The van der Waals surface area contributed by atoms with Gasteiger partial charge in [-0.15, -0.1) is 0 Å². The SMILES string of the molecule is Cc1ccc(N(CCCC(=O)Nc2cccc(C(F)(F)F)c2)S(C)(=O)=O)cc1C. The van der Waals surface area contributed by atoms with E-state index in [1.165, 1.54) is 16.4 Å². The lowest BCUT2D eigenvalue weighted by atomic mass is 10.1. The van der Waals surface area contributed by atoms with Crippen LogP contribution < -0.4 is 9.62 Å². The maximum Gasteiger partial charge on any atom is 0.416 e. The first-order valence-electron chi connectivity index (χ1n) is 8.90. The van der Waals surface area contributed by atoms with Crippen molar-refractivity contribution in [3.05, 3.63) is 59.2 Å². The molecule has 0 aromatic heterocycles. The number of hydrogen-bond donors (Lipinski definition) is 1. The molecule has 0 heterocycles. The van der Waals surface area contributed by atoms with Crippen molar-refractivity contribution in [2.45, 2.75) is 32.9 Å². The fraction of sp³-hybridized carbons (Fsp3) is 0.350. The van der Waals surface area contributed by atoms with Crippen molar-refractivity contribution in [2.24, 2.45) is 0 Å². The molecule has 0 fully saturated rings. The van der Waals surface area contributed by atoms with E-state index in [1.807, 2.05) is 19.9 Å². The van der Waals surface area contributed by atoms with Gasteiger partial charge in [0.2, 0.25) is 15.9 Å². The molecule has 1 N–H and O–H groups in total. The highest BCUT2D eigenvalue weighted by molar-refractivity contribution is 7.92. The summed E-state index contributed by atoms with van der Waals surface area (Å²) in [6.07, 6.45) is -3.23. The molecule has 0 aliphatic rings. The number of sulfonamides is 1. The minimum absolute atomic E-state index is 0.0346. The topological polar surface area (TPSA) is 66.5 Å². The van der Waals surface area contributed by atoms with Gasteiger partial charge in [-0.05, 0) is 61.7 Å². The first-order valence-corrected chi connectivity index (χ1v) is 10.7. The molecule has 0 aliphatic carbocycles. The summed E-state index contributed by atoms with van der Waals surface area (Å²) in [6.45, 7) is 3.88. The van der Waals surface area contributed by atoms with E-state index in [4.69, 9.17) is 0 Å². The minimum Gasteiger partial charge on any atom is -0.326 e.